The molecule has 0 atom stereocenters. The lowest BCUT2D eigenvalue weighted by Crippen LogP contribution is -1.98. The topological polar surface area (TPSA) is 55.8 Å². The van der Waals surface area contributed by atoms with E-state index in [1.807, 2.05) is 0 Å². The van der Waals surface area contributed by atoms with Gasteiger partial charge in [-0.15, -0.1) is 0 Å². The Bertz CT molecular complexity index is 401. The number of aliphatic carboxylic acids is 1. The Balaban J connectivity index is 2.85. The maximum absolute atomic E-state index is 10.4. The number of benzene rings is 1. The number of methoxy groups -OCH3 is 1. The zero-order valence-corrected chi connectivity index (χ0v) is 10.2. The maximum Gasteiger partial charge on any atom is 0.328 e. The number of carbonyl (C=O) groups is 1. The van der Waals surface area contributed by atoms with E-state index < -0.39 is 5.97 Å². The Morgan fingerprint density at radius 3 is 2.94 bits per heavy atom. The highest BCUT2D eigenvalue weighted by Gasteiger charge is 2.00. The summed E-state index contributed by atoms with van der Waals surface area (Å²) in [5, 5.41) is 8.52. The molecule has 1 N–H and O–H groups in total. The normalized spacial score (nSPS) is 10.6. The average Bonchev–Trinajstić information content (AvgIpc) is 2.26. The molecule has 0 saturated carbocycles. The number of halogens is 1. The van der Waals surface area contributed by atoms with Crippen molar-refractivity contribution in [2.45, 2.75) is 0 Å². The Labute approximate surface area is 102 Å². The molecule has 0 amide bonds. The molecular formula is C11H11BrO4. The molecule has 1 aromatic carbocycles. The molecule has 0 unspecified atom stereocenters. The maximum atomic E-state index is 10.4. The van der Waals surface area contributed by atoms with Crippen LogP contribution >= 0.6 is 15.9 Å². The fourth-order valence-electron chi connectivity index (χ4n) is 1.03. The van der Waals surface area contributed by atoms with Crippen LogP contribution < -0.4 is 4.74 Å². The molecule has 0 saturated heterocycles. The van der Waals surface area contributed by atoms with E-state index in [1.165, 1.54) is 13.2 Å². The van der Waals surface area contributed by atoms with Gasteiger partial charge in [-0.3, -0.25) is 0 Å². The molecular weight excluding hydrogens is 276 g/mol. The standard InChI is InChI=1S/C11H11BrO4/c1-15-7-16-9-3-4-10(12)8(6-9)2-5-11(13)14/h2-6H,7H2,1H3,(H,13,14)/b5-2+. The first kappa shape index (κ1) is 12.7. The van der Waals surface area contributed by atoms with E-state index in [0.29, 0.717) is 5.75 Å². The summed E-state index contributed by atoms with van der Waals surface area (Å²) in [6.45, 7) is 0.156. The molecule has 0 heterocycles. The minimum atomic E-state index is -0.991. The van der Waals surface area contributed by atoms with Gasteiger partial charge in [-0.1, -0.05) is 15.9 Å². The van der Waals surface area contributed by atoms with E-state index in [-0.39, 0.29) is 6.79 Å². The van der Waals surface area contributed by atoms with Crippen LogP contribution in [0.3, 0.4) is 0 Å². The van der Waals surface area contributed by atoms with E-state index >= 15 is 0 Å². The average molecular weight is 287 g/mol. The molecule has 86 valence electrons. The van der Waals surface area contributed by atoms with Crippen LogP contribution in [0.25, 0.3) is 6.08 Å². The quantitative estimate of drug-likeness (QED) is 0.668. The highest BCUT2D eigenvalue weighted by Crippen LogP contribution is 2.23. The van der Waals surface area contributed by atoms with Crippen molar-refractivity contribution in [3.8, 4) is 5.75 Å². The van der Waals surface area contributed by atoms with Crippen molar-refractivity contribution in [3.05, 3.63) is 34.3 Å². The van der Waals surface area contributed by atoms with E-state index in [9.17, 15) is 4.79 Å². The number of hydrogen-bond acceptors (Lipinski definition) is 3. The summed E-state index contributed by atoms with van der Waals surface area (Å²) in [7, 11) is 1.53. The number of ether oxygens (including phenoxy) is 2. The Hall–Kier alpha value is -1.33. The third-order valence-electron chi connectivity index (χ3n) is 1.72. The van der Waals surface area contributed by atoms with Gasteiger partial charge >= 0.3 is 5.97 Å². The zero-order chi connectivity index (χ0) is 12.0. The van der Waals surface area contributed by atoms with Crippen LogP contribution in [0, 0.1) is 0 Å². The van der Waals surface area contributed by atoms with Gasteiger partial charge in [0.15, 0.2) is 6.79 Å². The van der Waals surface area contributed by atoms with Crippen LogP contribution in [0.4, 0.5) is 0 Å². The van der Waals surface area contributed by atoms with Gasteiger partial charge in [-0.2, -0.15) is 0 Å². The Morgan fingerprint density at radius 2 is 2.31 bits per heavy atom. The minimum Gasteiger partial charge on any atom is -0.478 e. The van der Waals surface area contributed by atoms with Gasteiger partial charge in [0.2, 0.25) is 0 Å². The van der Waals surface area contributed by atoms with Crippen LogP contribution in [0.15, 0.2) is 28.7 Å². The second kappa shape index (κ2) is 6.30. The molecule has 4 nitrogen and oxygen atoms in total. The lowest BCUT2D eigenvalue weighted by molar-refractivity contribution is -0.131. The van der Waals surface area contributed by atoms with E-state index in [2.05, 4.69) is 15.9 Å². The van der Waals surface area contributed by atoms with E-state index in [0.717, 1.165) is 16.1 Å². The first-order valence-corrected chi connectivity index (χ1v) is 5.25. The summed E-state index contributed by atoms with van der Waals surface area (Å²) in [6.07, 6.45) is 2.56. The minimum absolute atomic E-state index is 0.156. The summed E-state index contributed by atoms with van der Waals surface area (Å²) in [5.41, 5.74) is 0.732. The third-order valence-corrected chi connectivity index (χ3v) is 2.44. The Morgan fingerprint density at radius 1 is 1.56 bits per heavy atom. The van der Waals surface area contributed by atoms with Crippen molar-refractivity contribution in [1.29, 1.82) is 0 Å². The van der Waals surface area contributed by atoms with Crippen LogP contribution in [0.1, 0.15) is 5.56 Å². The highest BCUT2D eigenvalue weighted by atomic mass is 79.9. The number of carboxylic acid groups (broad SMARTS) is 1. The molecule has 0 aromatic heterocycles. The summed E-state index contributed by atoms with van der Waals surface area (Å²) >= 11 is 3.32. The van der Waals surface area contributed by atoms with Gasteiger partial charge in [0, 0.05) is 17.7 Å². The molecule has 0 aliphatic heterocycles. The zero-order valence-electron chi connectivity index (χ0n) is 8.64. The summed E-state index contributed by atoms with van der Waals surface area (Å²) in [5.74, 6) is -0.370. The molecule has 5 heteroatoms. The SMILES string of the molecule is COCOc1ccc(Br)c(/C=C/C(=O)O)c1. The third kappa shape index (κ3) is 4.04. The van der Waals surface area contributed by atoms with Gasteiger partial charge in [-0.25, -0.2) is 4.79 Å². The smallest absolute Gasteiger partial charge is 0.328 e. The molecule has 0 aliphatic rings. The summed E-state index contributed by atoms with van der Waals surface area (Å²) in [4.78, 5) is 10.4. The summed E-state index contributed by atoms with van der Waals surface area (Å²) in [6, 6.07) is 5.27. The largest absolute Gasteiger partial charge is 0.478 e. The van der Waals surface area contributed by atoms with Crippen LogP contribution in [0.5, 0.6) is 5.75 Å². The molecule has 0 spiro atoms. The monoisotopic (exact) mass is 286 g/mol. The van der Waals surface area contributed by atoms with E-state index in [1.54, 1.807) is 18.2 Å². The van der Waals surface area contributed by atoms with Crippen molar-refractivity contribution < 1.29 is 19.4 Å². The second-order valence-electron chi connectivity index (χ2n) is 2.91. The molecule has 1 aromatic rings. The van der Waals surface area contributed by atoms with Gasteiger partial charge in [-0.05, 0) is 29.8 Å². The molecule has 0 bridgehead atoms. The number of carboxylic acids is 1. The fraction of sp³-hybridized carbons (Fsp3) is 0.182. The predicted octanol–water partition coefficient (Wildman–Crippen LogP) is 2.53. The van der Waals surface area contributed by atoms with Gasteiger partial charge < -0.3 is 14.6 Å². The first-order chi connectivity index (χ1) is 7.63. The number of rotatable bonds is 5. The molecule has 0 aliphatic carbocycles. The predicted molar refractivity (Wildman–Crippen MR) is 63.3 cm³/mol. The van der Waals surface area contributed by atoms with Gasteiger partial charge in [0.1, 0.15) is 5.75 Å². The van der Waals surface area contributed by atoms with Crippen molar-refractivity contribution in [3.63, 3.8) is 0 Å². The Kier molecular flexibility index (Phi) is 5.01. The van der Waals surface area contributed by atoms with Crippen LogP contribution in [-0.4, -0.2) is 25.0 Å². The second-order valence-corrected chi connectivity index (χ2v) is 3.76. The molecule has 16 heavy (non-hydrogen) atoms. The van der Waals surface area contributed by atoms with Crippen molar-refractivity contribution in [1.82, 2.24) is 0 Å². The lowest BCUT2D eigenvalue weighted by Gasteiger charge is -2.06. The molecule has 0 fully saturated rings. The van der Waals surface area contributed by atoms with Crippen LogP contribution in [0.2, 0.25) is 0 Å². The number of hydrogen-bond donors (Lipinski definition) is 1. The lowest BCUT2D eigenvalue weighted by atomic mass is 10.2. The summed E-state index contributed by atoms with van der Waals surface area (Å²) < 4.78 is 10.8. The van der Waals surface area contributed by atoms with Crippen molar-refractivity contribution in [2.24, 2.45) is 0 Å². The van der Waals surface area contributed by atoms with Gasteiger partial charge in [0.05, 0.1) is 0 Å². The molecule has 0 radical (unpaired) electrons. The van der Waals surface area contributed by atoms with Crippen molar-refractivity contribution in [2.75, 3.05) is 13.9 Å². The van der Waals surface area contributed by atoms with Gasteiger partial charge in [0.25, 0.3) is 0 Å². The highest BCUT2D eigenvalue weighted by molar-refractivity contribution is 9.10. The van der Waals surface area contributed by atoms with Crippen molar-refractivity contribution >= 4 is 28.0 Å². The van der Waals surface area contributed by atoms with Crippen LogP contribution in [-0.2, 0) is 9.53 Å². The molecule has 1 rings (SSSR count). The first-order valence-electron chi connectivity index (χ1n) is 4.46. The van der Waals surface area contributed by atoms with E-state index in [4.69, 9.17) is 14.6 Å². The fourth-order valence-corrected chi connectivity index (χ4v) is 1.41.